The Morgan fingerprint density at radius 1 is 1.23 bits per heavy atom. The summed E-state index contributed by atoms with van der Waals surface area (Å²) in [5.74, 6) is 0. The summed E-state index contributed by atoms with van der Waals surface area (Å²) in [5, 5.41) is 1.14. The van der Waals surface area contributed by atoms with Gasteiger partial charge in [-0.05, 0) is 23.8 Å². The van der Waals surface area contributed by atoms with Crippen LogP contribution in [0.15, 0.2) is 36.5 Å². The van der Waals surface area contributed by atoms with Crippen LogP contribution >= 0.6 is 0 Å². The molecule has 1 heterocycles. The number of carbonyl (C=O) groups is 1. The third-order valence-corrected chi connectivity index (χ3v) is 1.98. The molecule has 0 spiro atoms. The predicted octanol–water partition coefficient (Wildman–Crippen LogP) is 2.38. The SMILES string of the molecule is O=C/C=C/c1cccc2[nH]ccc12. The molecule has 2 rings (SSSR count). The molecule has 0 saturated heterocycles. The van der Waals surface area contributed by atoms with Crippen LogP contribution in [-0.4, -0.2) is 11.3 Å². The molecule has 0 radical (unpaired) electrons. The van der Waals surface area contributed by atoms with E-state index in [0.29, 0.717) is 0 Å². The highest BCUT2D eigenvalue weighted by Crippen LogP contribution is 2.18. The molecule has 1 N–H and O–H groups in total. The molecule has 0 bridgehead atoms. The van der Waals surface area contributed by atoms with Crippen molar-refractivity contribution in [3.8, 4) is 0 Å². The molecule has 0 unspecified atom stereocenters. The number of hydrogen-bond acceptors (Lipinski definition) is 1. The van der Waals surface area contributed by atoms with E-state index in [-0.39, 0.29) is 0 Å². The zero-order valence-corrected chi connectivity index (χ0v) is 7.03. The molecule has 2 aromatic rings. The number of H-pyrrole nitrogens is 1. The number of benzene rings is 1. The van der Waals surface area contributed by atoms with Crippen molar-refractivity contribution in [3.05, 3.63) is 42.1 Å². The van der Waals surface area contributed by atoms with Gasteiger partial charge in [-0.15, -0.1) is 0 Å². The molecule has 0 saturated carbocycles. The van der Waals surface area contributed by atoms with Crippen LogP contribution in [0.2, 0.25) is 0 Å². The maximum atomic E-state index is 10.2. The minimum Gasteiger partial charge on any atom is -0.361 e. The smallest absolute Gasteiger partial charge is 0.142 e. The summed E-state index contributed by atoms with van der Waals surface area (Å²) in [6, 6.07) is 7.95. The average molecular weight is 171 g/mol. The second kappa shape index (κ2) is 3.27. The second-order valence-corrected chi connectivity index (χ2v) is 2.78. The molecule has 0 amide bonds. The molecule has 0 atom stereocenters. The first kappa shape index (κ1) is 7.80. The Morgan fingerprint density at radius 3 is 3.00 bits per heavy atom. The first-order valence-electron chi connectivity index (χ1n) is 4.10. The van der Waals surface area contributed by atoms with Crippen molar-refractivity contribution in [1.82, 2.24) is 4.98 Å². The Morgan fingerprint density at radius 2 is 2.15 bits per heavy atom. The summed E-state index contributed by atoms with van der Waals surface area (Å²) in [4.78, 5) is 13.3. The molecule has 1 aromatic heterocycles. The Labute approximate surface area is 75.9 Å². The Bertz CT molecular complexity index is 454. The van der Waals surface area contributed by atoms with Gasteiger partial charge in [0.05, 0.1) is 0 Å². The molecule has 0 aliphatic rings. The summed E-state index contributed by atoms with van der Waals surface area (Å²) in [6.45, 7) is 0. The zero-order valence-electron chi connectivity index (χ0n) is 7.03. The summed E-state index contributed by atoms with van der Waals surface area (Å²) in [5.41, 5.74) is 2.15. The van der Waals surface area contributed by atoms with Gasteiger partial charge in [0.2, 0.25) is 0 Å². The van der Waals surface area contributed by atoms with E-state index in [1.54, 1.807) is 0 Å². The van der Waals surface area contributed by atoms with Gasteiger partial charge >= 0.3 is 0 Å². The van der Waals surface area contributed by atoms with Crippen molar-refractivity contribution < 1.29 is 4.79 Å². The van der Waals surface area contributed by atoms with Crippen LogP contribution in [0.25, 0.3) is 17.0 Å². The van der Waals surface area contributed by atoms with E-state index < -0.39 is 0 Å². The lowest BCUT2D eigenvalue weighted by Gasteiger charge is -1.94. The van der Waals surface area contributed by atoms with Crippen molar-refractivity contribution in [2.75, 3.05) is 0 Å². The first-order chi connectivity index (χ1) is 6.42. The van der Waals surface area contributed by atoms with Crippen molar-refractivity contribution >= 4 is 23.3 Å². The van der Waals surface area contributed by atoms with Crippen LogP contribution in [-0.2, 0) is 4.79 Å². The zero-order chi connectivity index (χ0) is 9.10. The maximum Gasteiger partial charge on any atom is 0.142 e. The van der Waals surface area contributed by atoms with E-state index in [1.165, 1.54) is 6.08 Å². The lowest BCUT2D eigenvalue weighted by molar-refractivity contribution is -0.104. The summed E-state index contributed by atoms with van der Waals surface area (Å²) >= 11 is 0. The van der Waals surface area contributed by atoms with Crippen LogP contribution < -0.4 is 0 Å². The molecule has 13 heavy (non-hydrogen) atoms. The van der Waals surface area contributed by atoms with Crippen molar-refractivity contribution in [2.45, 2.75) is 0 Å². The van der Waals surface area contributed by atoms with E-state index in [0.717, 1.165) is 22.8 Å². The quantitative estimate of drug-likeness (QED) is 0.546. The molecule has 64 valence electrons. The molecule has 0 aliphatic heterocycles. The first-order valence-corrected chi connectivity index (χ1v) is 4.10. The van der Waals surface area contributed by atoms with Crippen molar-refractivity contribution in [2.24, 2.45) is 0 Å². The monoisotopic (exact) mass is 171 g/mol. The van der Waals surface area contributed by atoms with E-state index >= 15 is 0 Å². The minimum atomic E-state index is 0.783. The van der Waals surface area contributed by atoms with Gasteiger partial charge in [-0.25, -0.2) is 0 Å². The van der Waals surface area contributed by atoms with Gasteiger partial charge in [-0.1, -0.05) is 18.2 Å². The van der Waals surface area contributed by atoms with Crippen molar-refractivity contribution in [1.29, 1.82) is 0 Å². The van der Waals surface area contributed by atoms with E-state index in [1.807, 2.05) is 36.5 Å². The lowest BCUT2D eigenvalue weighted by atomic mass is 10.1. The van der Waals surface area contributed by atoms with Gasteiger partial charge in [0.25, 0.3) is 0 Å². The van der Waals surface area contributed by atoms with Crippen LogP contribution in [0.3, 0.4) is 0 Å². The summed E-state index contributed by atoms with van der Waals surface area (Å²) in [7, 11) is 0. The fourth-order valence-corrected chi connectivity index (χ4v) is 1.40. The number of carbonyl (C=O) groups excluding carboxylic acids is 1. The number of aromatic amines is 1. The van der Waals surface area contributed by atoms with Crippen LogP contribution in [0.4, 0.5) is 0 Å². The number of allylic oxidation sites excluding steroid dienone is 1. The fraction of sp³-hybridized carbons (Fsp3) is 0. The molecule has 0 fully saturated rings. The highest BCUT2D eigenvalue weighted by Gasteiger charge is 1.96. The van der Waals surface area contributed by atoms with E-state index in [9.17, 15) is 4.79 Å². The fourth-order valence-electron chi connectivity index (χ4n) is 1.40. The van der Waals surface area contributed by atoms with Gasteiger partial charge in [0, 0.05) is 17.1 Å². The molecular weight excluding hydrogens is 162 g/mol. The lowest BCUT2D eigenvalue weighted by Crippen LogP contribution is -1.74. The third-order valence-electron chi connectivity index (χ3n) is 1.98. The standard InChI is InChI=1S/C11H9NO/c13-8-2-4-9-3-1-5-11-10(9)6-7-12-11/h1-8,12H/b4-2+. The number of aromatic nitrogens is 1. The highest BCUT2D eigenvalue weighted by molar-refractivity contribution is 5.90. The maximum absolute atomic E-state index is 10.2. The topological polar surface area (TPSA) is 32.9 Å². The number of fused-ring (bicyclic) bond motifs is 1. The molecule has 2 nitrogen and oxygen atoms in total. The Balaban J connectivity index is 2.60. The van der Waals surface area contributed by atoms with Gasteiger partial charge < -0.3 is 4.98 Å². The molecule has 0 aliphatic carbocycles. The van der Waals surface area contributed by atoms with Crippen LogP contribution in [0.5, 0.6) is 0 Å². The normalized spacial score (nSPS) is 11.1. The number of rotatable bonds is 2. The van der Waals surface area contributed by atoms with Crippen molar-refractivity contribution in [3.63, 3.8) is 0 Å². The number of hydrogen-bond donors (Lipinski definition) is 1. The summed E-state index contributed by atoms with van der Waals surface area (Å²) in [6.07, 6.45) is 5.99. The summed E-state index contributed by atoms with van der Waals surface area (Å²) < 4.78 is 0. The van der Waals surface area contributed by atoms with E-state index in [2.05, 4.69) is 4.98 Å². The Kier molecular flexibility index (Phi) is 1.96. The largest absolute Gasteiger partial charge is 0.361 e. The average Bonchev–Trinajstić information content (AvgIpc) is 2.62. The number of nitrogens with one attached hydrogen (secondary N) is 1. The predicted molar refractivity (Wildman–Crippen MR) is 53.4 cm³/mol. The third kappa shape index (κ3) is 1.38. The highest BCUT2D eigenvalue weighted by atomic mass is 16.1. The Hall–Kier alpha value is -1.83. The minimum absolute atomic E-state index is 0.783. The van der Waals surface area contributed by atoms with Gasteiger partial charge in [0.1, 0.15) is 6.29 Å². The molecule has 2 heteroatoms. The van der Waals surface area contributed by atoms with Gasteiger partial charge in [0.15, 0.2) is 0 Å². The van der Waals surface area contributed by atoms with Crippen LogP contribution in [0.1, 0.15) is 5.56 Å². The van der Waals surface area contributed by atoms with Crippen LogP contribution in [0, 0.1) is 0 Å². The second-order valence-electron chi connectivity index (χ2n) is 2.78. The van der Waals surface area contributed by atoms with E-state index in [4.69, 9.17) is 0 Å². The molecular formula is C11H9NO. The number of aldehydes is 1. The van der Waals surface area contributed by atoms with Gasteiger partial charge in [-0.3, -0.25) is 4.79 Å². The molecule has 1 aromatic carbocycles. The van der Waals surface area contributed by atoms with Gasteiger partial charge in [-0.2, -0.15) is 0 Å².